The summed E-state index contributed by atoms with van der Waals surface area (Å²) in [6.07, 6.45) is 0. The van der Waals surface area contributed by atoms with Gasteiger partial charge in [-0.2, -0.15) is 0 Å². The number of aromatic amines is 1. The normalized spacial score (nSPS) is 12.3. The highest BCUT2D eigenvalue weighted by Gasteiger charge is 2.20. The van der Waals surface area contributed by atoms with Crippen LogP contribution in [0.3, 0.4) is 0 Å². The molecule has 0 radical (unpaired) electrons. The predicted octanol–water partition coefficient (Wildman–Crippen LogP) is 3.36. The maximum atomic E-state index is 12.2. The van der Waals surface area contributed by atoms with E-state index in [1.807, 2.05) is 43.3 Å². The first-order valence-electron chi connectivity index (χ1n) is 7.05. The summed E-state index contributed by atoms with van der Waals surface area (Å²) >= 11 is 11.7. The molecule has 0 saturated heterocycles. The van der Waals surface area contributed by atoms with Crippen LogP contribution in [0.15, 0.2) is 30.3 Å². The van der Waals surface area contributed by atoms with Crippen LogP contribution in [-0.4, -0.2) is 43.5 Å². The van der Waals surface area contributed by atoms with Gasteiger partial charge in [0.1, 0.15) is 16.6 Å². The maximum absolute atomic E-state index is 12.2. The number of carbonyl (C=O) groups is 1. The Morgan fingerprint density at radius 3 is 2.61 bits per heavy atom. The monoisotopic (exact) mass is 355 g/mol. The standard InChI is InChI=1S/C16H19Cl2N3O2/c1-21(2)13(10-6-4-5-7-14(10)23-3)9-19-16(22)12-8-11(17)15(18)20-12/h4-8,13,20H,9H2,1-3H3,(H,19,22). The lowest BCUT2D eigenvalue weighted by molar-refractivity contribution is 0.0937. The van der Waals surface area contributed by atoms with Crippen LogP contribution in [0.1, 0.15) is 22.1 Å². The smallest absolute Gasteiger partial charge is 0.267 e. The molecule has 0 spiro atoms. The zero-order valence-corrected chi connectivity index (χ0v) is 14.7. The molecular weight excluding hydrogens is 337 g/mol. The molecule has 7 heteroatoms. The highest BCUT2D eigenvalue weighted by Crippen LogP contribution is 2.27. The van der Waals surface area contributed by atoms with Gasteiger partial charge >= 0.3 is 0 Å². The molecule has 1 amide bonds. The first-order chi connectivity index (χ1) is 10.9. The molecule has 0 fully saturated rings. The van der Waals surface area contributed by atoms with Crippen molar-refractivity contribution >= 4 is 29.1 Å². The van der Waals surface area contributed by atoms with Gasteiger partial charge in [-0.3, -0.25) is 4.79 Å². The van der Waals surface area contributed by atoms with Crippen molar-refractivity contribution in [2.75, 3.05) is 27.7 Å². The zero-order valence-electron chi connectivity index (χ0n) is 13.2. The number of hydrogen-bond acceptors (Lipinski definition) is 3. The van der Waals surface area contributed by atoms with Crippen molar-refractivity contribution < 1.29 is 9.53 Å². The fraction of sp³-hybridized carbons (Fsp3) is 0.312. The Labute approximate surface area is 145 Å². The third kappa shape index (κ3) is 4.19. The predicted molar refractivity (Wildman–Crippen MR) is 92.6 cm³/mol. The Bertz CT molecular complexity index is 666. The SMILES string of the molecule is COc1ccccc1C(CNC(=O)c1cc(Cl)c(Cl)[nH]1)N(C)C. The number of hydrogen-bond donors (Lipinski definition) is 2. The van der Waals surface area contributed by atoms with Crippen molar-refractivity contribution in [1.29, 1.82) is 0 Å². The second-order valence-electron chi connectivity index (χ2n) is 5.28. The molecule has 1 aromatic carbocycles. The summed E-state index contributed by atoms with van der Waals surface area (Å²) < 4.78 is 5.41. The Morgan fingerprint density at radius 1 is 1.35 bits per heavy atom. The summed E-state index contributed by atoms with van der Waals surface area (Å²) in [6, 6.07) is 9.22. The van der Waals surface area contributed by atoms with E-state index in [9.17, 15) is 4.79 Å². The molecule has 1 unspecified atom stereocenters. The van der Waals surface area contributed by atoms with E-state index in [-0.39, 0.29) is 17.1 Å². The van der Waals surface area contributed by atoms with Crippen molar-refractivity contribution in [1.82, 2.24) is 15.2 Å². The molecule has 2 rings (SSSR count). The van der Waals surface area contributed by atoms with Gasteiger partial charge in [0.2, 0.25) is 0 Å². The summed E-state index contributed by atoms with van der Waals surface area (Å²) in [7, 11) is 5.53. The molecule has 0 aliphatic rings. The summed E-state index contributed by atoms with van der Waals surface area (Å²) in [5.41, 5.74) is 1.33. The molecule has 2 N–H and O–H groups in total. The van der Waals surface area contributed by atoms with Crippen molar-refractivity contribution in [2.24, 2.45) is 0 Å². The highest BCUT2D eigenvalue weighted by atomic mass is 35.5. The average Bonchev–Trinajstić information content (AvgIpc) is 2.87. The van der Waals surface area contributed by atoms with Gasteiger partial charge in [0.15, 0.2) is 0 Å². The summed E-state index contributed by atoms with van der Waals surface area (Å²) in [5, 5.41) is 3.47. The fourth-order valence-electron chi connectivity index (χ4n) is 2.32. The molecule has 0 saturated carbocycles. The third-order valence-corrected chi connectivity index (χ3v) is 4.24. The number of ether oxygens (including phenoxy) is 1. The van der Waals surface area contributed by atoms with Crippen LogP contribution in [0, 0.1) is 0 Å². The summed E-state index contributed by atoms with van der Waals surface area (Å²) in [5.74, 6) is 0.520. The molecule has 1 atom stereocenters. The van der Waals surface area contributed by atoms with Crippen LogP contribution in [0.2, 0.25) is 10.2 Å². The van der Waals surface area contributed by atoms with Crippen LogP contribution in [0.25, 0.3) is 0 Å². The number of likely N-dealkylation sites (N-methyl/N-ethyl adjacent to an activating group) is 1. The number of benzene rings is 1. The van der Waals surface area contributed by atoms with Crippen LogP contribution < -0.4 is 10.1 Å². The summed E-state index contributed by atoms with van der Waals surface area (Å²) in [6.45, 7) is 0.417. The lowest BCUT2D eigenvalue weighted by Gasteiger charge is -2.26. The number of rotatable bonds is 6. The van der Waals surface area contributed by atoms with Gasteiger partial charge in [-0.25, -0.2) is 0 Å². The van der Waals surface area contributed by atoms with E-state index < -0.39 is 0 Å². The van der Waals surface area contributed by atoms with Crippen LogP contribution in [0.4, 0.5) is 0 Å². The molecule has 1 heterocycles. The Hall–Kier alpha value is -1.69. The molecule has 2 aromatic rings. The Balaban J connectivity index is 2.13. The number of amides is 1. The first-order valence-corrected chi connectivity index (χ1v) is 7.81. The van der Waals surface area contributed by atoms with E-state index in [2.05, 4.69) is 10.3 Å². The lowest BCUT2D eigenvalue weighted by Crippen LogP contribution is -2.34. The number of nitrogens with zero attached hydrogens (tertiary/aromatic N) is 1. The minimum atomic E-state index is -0.263. The van der Waals surface area contributed by atoms with Crippen molar-refractivity contribution in [3.8, 4) is 5.75 Å². The van der Waals surface area contributed by atoms with Crippen molar-refractivity contribution in [3.63, 3.8) is 0 Å². The largest absolute Gasteiger partial charge is 0.496 e. The molecule has 124 valence electrons. The van der Waals surface area contributed by atoms with Crippen LogP contribution >= 0.6 is 23.2 Å². The van der Waals surface area contributed by atoms with E-state index in [4.69, 9.17) is 27.9 Å². The fourth-order valence-corrected chi connectivity index (χ4v) is 2.64. The lowest BCUT2D eigenvalue weighted by atomic mass is 10.0. The number of H-pyrrole nitrogens is 1. The number of nitrogens with one attached hydrogen (secondary N) is 2. The van der Waals surface area contributed by atoms with Gasteiger partial charge in [-0.05, 0) is 26.2 Å². The zero-order chi connectivity index (χ0) is 17.0. The second-order valence-corrected chi connectivity index (χ2v) is 6.06. The molecule has 0 aliphatic heterocycles. The first kappa shape index (κ1) is 17.7. The average molecular weight is 356 g/mol. The minimum Gasteiger partial charge on any atom is -0.496 e. The minimum absolute atomic E-state index is 0.0315. The highest BCUT2D eigenvalue weighted by molar-refractivity contribution is 6.41. The topological polar surface area (TPSA) is 57.4 Å². The number of methoxy groups -OCH3 is 1. The van der Waals surface area contributed by atoms with E-state index >= 15 is 0 Å². The van der Waals surface area contributed by atoms with Gasteiger partial charge in [-0.1, -0.05) is 41.4 Å². The number of aromatic nitrogens is 1. The molecule has 0 aliphatic carbocycles. The molecular formula is C16H19Cl2N3O2. The Morgan fingerprint density at radius 2 is 2.04 bits per heavy atom. The third-order valence-electron chi connectivity index (χ3n) is 3.55. The molecule has 0 bridgehead atoms. The number of halogens is 2. The second kappa shape index (κ2) is 7.73. The van der Waals surface area contributed by atoms with Gasteiger partial charge in [-0.15, -0.1) is 0 Å². The maximum Gasteiger partial charge on any atom is 0.267 e. The van der Waals surface area contributed by atoms with E-state index in [1.165, 1.54) is 6.07 Å². The van der Waals surface area contributed by atoms with Crippen molar-refractivity contribution in [3.05, 3.63) is 51.8 Å². The quantitative estimate of drug-likeness (QED) is 0.835. The van der Waals surface area contributed by atoms with Gasteiger partial charge in [0.25, 0.3) is 5.91 Å². The van der Waals surface area contributed by atoms with Gasteiger partial charge in [0.05, 0.1) is 18.2 Å². The molecule has 23 heavy (non-hydrogen) atoms. The van der Waals surface area contributed by atoms with Gasteiger partial charge < -0.3 is 19.9 Å². The van der Waals surface area contributed by atoms with Gasteiger partial charge in [0, 0.05) is 12.1 Å². The van der Waals surface area contributed by atoms with E-state index in [1.54, 1.807) is 7.11 Å². The molecule has 1 aromatic heterocycles. The van der Waals surface area contributed by atoms with E-state index in [0.29, 0.717) is 17.3 Å². The van der Waals surface area contributed by atoms with Crippen LogP contribution in [-0.2, 0) is 0 Å². The molecule has 5 nitrogen and oxygen atoms in total. The number of para-hydroxylation sites is 1. The van der Waals surface area contributed by atoms with Crippen molar-refractivity contribution in [2.45, 2.75) is 6.04 Å². The number of carbonyl (C=O) groups excluding carboxylic acids is 1. The van der Waals surface area contributed by atoms with E-state index in [0.717, 1.165) is 11.3 Å². The van der Waals surface area contributed by atoms with Crippen LogP contribution in [0.5, 0.6) is 5.75 Å². The Kier molecular flexibility index (Phi) is 5.93. The summed E-state index contributed by atoms with van der Waals surface area (Å²) in [4.78, 5) is 17.0.